The van der Waals surface area contributed by atoms with Gasteiger partial charge in [0.2, 0.25) is 0 Å². The minimum absolute atomic E-state index is 0. The summed E-state index contributed by atoms with van der Waals surface area (Å²) in [6.45, 7) is 21.1. The number of nitrogens with zero attached hydrogens (tertiary/aromatic N) is 4. The van der Waals surface area contributed by atoms with Gasteiger partial charge < -0.3 is 34.8 Å². The smallest absolute Gasteiger partial charge is 0.681 e. The largest absolute Gasteiger partial charge is 2.00 e. The zero-order valence-electron chi connectivity index (χ0n) is 34.0. The molecule has 0 amide bonds. The minimum Gasteiger partial charge on any atom is -0.681 e. The average molecular weight is 755 g/mol. The Morgan fingerprint density at radius 2 is 1.69 bits per heavy atom. The van der Waals surface area contributed by atoms with Crippen LogP contribution in [0.3, 0.4) is 0 Å². The molecule has 1 unspecified atom stereocenters. The second-order valence-electron chi connectivity index (χ2n) is 15.5. The van der Waals surface area contributed by atoms with Gasteiger partial charge in [-0.3, -0.25) is 9.59 Å². The summed E-state index contributed by atoms with van der Waals surface area (Å²) >= 11 is 0. The van der Waals surface area contributed by atoms with Gasteiger partial charge >= 0.3 is 35.0 Å². The van der Waals surface area contributed by atoms with Crippen LogP contribution in [0.2, 0.25) is 0 Å². The molecule has 1 saturated heterocycles. The van der Waals surface area contributed by atoms with Crippen LogP contribution < -0.4 is 36.2 Å². The molecule has 9 nitrogen and oxygen atoms in total. The maximum Gasteiger partial charge on any atom is 2.00 e. The van der Waals surface area contributed by atoms with E-state index in [4.69, 9.17) is 29.7 Å². The number of carbonyl (C=O) groups excluding carboxylic acids is 2. The van der Waals surface area contributed by atoms with Crippen LogP contribution in [0.5, 0.6) is 0 Å². The number of allylic oxidation sites excluding steroid dienone is 2. The third-order valence-electron chi connectivity index (χ3n) is 11.7. The Bertz CT molecular complexity index is 2300. The second-order valence-corrected chi connectivity index (χ2v) is 15.5. The summed E-state index contributed by atoms with van der Waals surface area (Å²) in [7, 11) is 1.32. The van der Waals surface area contributed by atoms with Crippen molar-refractivity contribution in [2.24, 2.45) is 23.7 Å². The van der Waals surface area contributed by atoms with E-state index >= 15 is 0 Å². The van der Waals surface area contributed by atoms with Crippen LogP contribution in [-0.2, 0) is 25.5 Å². The van der Waals surface area contributed by atoms with E-state index in [2.05, 4.69) is 48.1 Å². The third kappa shape index (κ3) is 8.08. The van der Waals surface area contributed by atoms with Crippen molar-refractivity contribution in [3.05, 3.63) is 95.4 Å². The molecular formula is C45H54MgN4O5-2. The van der Waals surface area contributed by atoms with Crippen molar-refractivity contribution in [1.29, 1.82) is 0 Å². The molecule has 0 aromatic carbocycles. The van der Waals surface area contributed by atoms with Gasteiger partial charge in [-0.05, 0) is 82.8 Å². The van der Waals surface area contributed by atoms with Crippen LogP contribution in [0.15, 0.2) is 23.9 Å². The summed E-state index contributed by atoms with van der Waals surface area (Å²) < 4.78 is 11.0. The summed E-state index contributed by atoms with van der Waals surface area (Å²) in [5.41, 5.74) is 9.68. The summed E-state index contributed by atoms with van der Waals surface area (Å²) in [4.78, 5) is 42.0. The van der Waals surface area contributed by atoms with E-state index in [1.807, 2.05) is 44.2 Å². The maximum atomic E-state index is 13.5. The van der Waals surface area contributed by atoms with Gasteiger partial charge in [-0.15, -0.1) is 33.1 Å². The van der Waals surface area contributed by atoms with Crippen LogP contribution in [0, 0.1) is 44.4 Å². The van der Waals surface area contributed by atoms with Crippen molar-refractivity contribution in [1.82, 2.24) is 15.0 Å². The first kappa shape index (κ1) is 42.0. The van der Waals surface area contributed by atoms with Crippen molar-refractivity contribution in [3.8, 4) is 0 Å². The van der Waals surface area contributed by atoms with Crippen LogP contribution in [0.25, 0.3) is 41.0 Å². The van der Waals surface area contributed by atoms with E-state index in [1.165, 1.54) is 19.1 Å². The summed E-state index contributed by atoms with van der Waals surface area (Å²) in [6.07, 6.45) is 14.5. The number of aliphatic hydroxyl groups is 1. The Hall–Kier alpha value is -4.15. The van der Waals surface area contributed by atoms with Gasteiger partial charge in [0, 0.05) is 11.6 Å². The van der Waals surface area contributed by atoms with Crippen LogP contribution in [-0.4, -0.2) is 59.9 Å². The summed E-state index contributed by atoms with van der Waals surface area (Å²) in [5, 5.41) is 19.8. The Kier molecular flexibility index (Phi) is 13.2. The molecule has 4 atom stereocenters. The molecule has 1 fully saturated rings. The van der Waals surface area contributed by atoms with Crippen molar-refractivity contribution in [2.45, 2.75) is 100.0 Å². The predicted octanol–water partition coefficient (Wildman–Crippen LogP) is 5.04. The topological polar surface area (TPSA) is 129 Å². The molecule has 288 valence electrons. The standard InChI is InChI=1S/C45H54N4O5.Mg/c1-11-29-25(6)32-20-34-27(8)31(16-17-38(50)54-19-18-24(5)15-13-14-23(3)4)42(48-34)40-41(45(52)53-10)44(51)39-28(9)35(49-43(39)40)22-37-30(12-2)26(7)33(47-37)21-36(29)46-32;/h11,18,20-23,27,31,41-42,51H,1,12-17,19H2,2-10H3;/q-4;+2/b24-18+,33-21-,34-20-,37-22-;/t27-,31-,41+,42?;/m0./s1. The fourth-order valence-electron chi connectivity index (χ4n) is 8.44. The van der Waals surface area contributed by atoms with E-state index in [0.29, 0.717) is 34.2 Å². The molecule has 55 heavy (non-hydrogen) atoms. The maximum absolute atomic E-state index is 13.5. The fourth-order valence-corrected chi connectivity index (χ4v) is 8.44. The van der Waals surface area contributed by atoms with E-state index in [1.54, 1.807) is 0 Å². The number of hydrogen-bond donors (Lipinski definition) is 1. The Labute approximate surface area is 341 Å². The first-order chi connectivity index (χ1) is 25.8. The van der Waals surface area contributed by atoms with Crippen molar-refractivity contribution >= 4 is 70.6 Å². The molecule has 3 aliphatic rings. The van der Waals surface area contributed by atoms with Crippen LogP contribution >= 0.6 is 0 Å². The number of rotatable bonds is 12. The fraction of sp³-hybridized carbons (Fsp3) is 0.467. The molecule has 0 radical (unpaired) electrons. The molecule has 1 aliphatic carbocycles. The molecule has 3 aromatic rings. The van der Waals surface area contributed by atoms with E-state index in [-0.39, 0.29) is 59.6 Å². The number of hydrogen-bond acceptors (Lipinski definition) is 5. The molecule has 10 heteroatoms. The van der Waals surface area contributed by atoms with Gasteiger partial charge in [0.15, 0.2) is 0 Å². The third-order valence-corrected chi connectivity index (χ3v) is 11.7. The van der Waals surface area contributed by atoms with Crippen molar-refractivity contribution < 1.29 is 24.2 Å². The number of methoxy groups -OCH3 is 1. The minimum atomic E-state index is -1.07. The summed E-state index contributed by atoms with van der Waals surface area (Å²) in [6, 6.07) is -0.568. The Morgan fingerprint density at radius 3 is 2.36 bits per heavy atom. The van der Waals surface area contributed by atoms with Gasteiger partial charge in [0.1, 0.15) is 18.3 Å². The van der Waals surface area contributed by atoms with Gasteiger partial charge in [0.05, 0.1) is 7.11 Å². The Balaban J connectivity index is 0.00000580. The molecule has 0 spiro atoms. The summed E-state index contributed by atoms with van der Waals surface area (Å²) in [5.74, 6) is -1.68. The quantitative estimate of drug-likeness (QED) is 0.155. The number of aromatic nitrogens is 3. The van der Waals surface area contributed by atoms with E-state index in [9.17, 15) is 14.7 Å². The van der Waals surface area contributed by atoms with E-state index in [0.717, 1.165) is 74.9 Å². The first-order valence-electron chi connectivity index (χ1n) is 19.4. The van der Waals surface area contributed by atoms with Gasteiger partial charge in [-0.1, -0.05) is 104 Å². The normalized spacial score (nSPS) is 22.2. The van der Waals surface area contributed by atoms with Crippen LogP contribution in [0.1, 0.15) is 112 Å². The van der Waals surface area contributed by atoms with Gasteiger partial charge in [-0.25, -0.2) is 0 Å². The molecule has 3 aromatic heterocycles. The average Bonchev–Trinajstić information content (AvgIpc) is 3.87. The monoisotopic (exact) mass is 754 g/mol. The van der Waals surface area contributed by atoms with Gasteiger partial charge in [0.25, 0.3) is 0 Å². The molecule has 1 N–H and O–H groups in total. The number of esters is 2. The first-order valence-corrected chi connectivity index (χ1v) is 19.4. The van der Waals surface area contributed by atoms with Crippen molar-refractivity contribution in [2.75, 3.05) is 13.7 Å². The number of ether oxygens (including phenoxy) is 2. The Morgan fingerprint density at radius 1 is 0.982 bits per heavy atom. The van der Waals surface area contributed by atoms with Gasteiger partial charge in [-0.2, -0.15) is 5.70 Å². The predicted molar refractivity (Wildman–Crippen MR) is 220 cm³/mol. The molecule has 6 rings (SSSR count). The van der Waals surface area contributed by atoms with E-state index < -0.39 is 17.9 Å². The molecule has 5 heterocycles. The number of aliphatic hydroxyl groups excluding tert-OH is 1. The molecular weight excluding hydrogens is 701 g/mol. The molecule has 8 bridgehead atoms. The molecule has 2 aliphatic heterocycles. The number of fused-ring (bicyclic) bond motifs is 8. The van der Waals surface area contributed by atoms with Crippen LogP contribution in [0.4, 0.5) is 0 Å². The second kappa shape index (κ2) is 17.3. The molecule has 0 saturated carbocycles. The van der Waals surface area contributed by atoms with Crippen molar-refractivity contribution in [3.63, 3.8) is 0 Å². The zero-order valence-corrected chi connectivity index (χ0v) is 35.4. The number of carbonyl (C=O) groups is 2. The zero-order chi connectivity index (χ0) is 39.0. The SMILES string of the molecule is C=Cc1c2[n-]c(c1C)/C=C1\[N-]C(C3=c4[n-]c(c(C)c4=C(O)[C@@H]3C(=O)OC)/C=c3\[n-]/c(c(C)c3CC)=C\2)[C@@H](CCC(=O)OC/C=C(\C)CCCC(C)C)[C@@H]1C.[Mg+2].